The van der Waals surface area contributed by atoms with Crippen molar-refractivity contribution in [1.29, 1.82) is 0 Å². The summed E-state index contributed by atoms with van der Waals surface area (Å²) in [5.74, 6) is -0.620. The number of hydrogen-bond donors (Lipinski definition) is 1. The van der Waals surface area contributed by atoms with Gasteiger partial charge in [0.2, 0.25) is 0 Å². The zero-order valence-corrected chi connectivity index (χ0v) is 12.2. The van der Waals surface area contributed by atoms with Gasteiger partial charge in [-0.2, -0.15) is 0 Å². The summed E-state index contributed by atoms with van der Waals surface area (Å²) in [7, 11) is 0. The fraction of sp³-hybridized carbons (Fsp3) is 0.125. The molecule has 0 saturated heterocycles. The van der Waals surface area contributed by atoms with Crippen molar-refractivity contribution in [1.82, 2.24) is 4.98 Å². The van der Waals surface area contributed by atoms with Crippen LogP contribution in [0.1, 0.15) is 20.9 Å². The summed E-state index contributed by atoms with van der Waals surface area (Å²) in [6.07, 6.45) is 0. The summed E-state index contributed by atoms with van der Waals surface area (Å²) in [5, 5.41) is 10.4. The zero-order chi connectivity index (χ0) is 14.8. The van der Waals surface area contributed by atoms with Gasteiger partial charge in [0, 0.05) is 0 Å². The van der Waals surface area contributed by atoms with E-state index < -0.39 is 5.97 Å². The maximum atomic E-state index is 12.0. The molecule has 5 heteroatoms. The molecule has 3 rings (SSSR count). The van der Waals surface area contributed by atoms with Crippen LogP contribution in [0.3, 0.4) is 0 Å². The van der Waals surface area contributed by atoms with Gasteiger partial charge in [0.1, 0.15) is 22.9 Å². The fourth-order valence-electron chi connectivity index (χ4n) is 2.00. The number of benzene rings is 2. The second kappa shape index (κ2) is 5.54. The molecule has 3 aromatic rings. The minimum Gasteiger partial charge on any atom is -0.507 e. The van der Waals surface area contributed by atoms with Crippen LogP contribution in [0.25, 0.3) is 10.2 Å². The van der Waals surface area contributed by atoms with E-state index in [0.717, 1.165) is 20.8 Å². The summed E-state index contributed by atoms with van der Waals surface area (Å²) in [5.41, 5.74) is 1.96. The zero-order valence-electron chi connectivity index (χ0n) is 11.4. The molecule has 106 valence electrons. The molecule has 0 aliphatic carbocycles. The van der Waals surface area contributed by atoms with E-state index in [9.17, 15) is 9.90 Å². The van der Waals surface area contributed by atoms with Crippen molar-refractivity contribution < 1.29 is 14.6 Å². The van der Waals surface area contributed by atoms with Gasteiger partial charge in [-0.1, -0.05) is 23.8 Å². The number of aromatic hydroxyl groups is 1. The number of fused-ring (bicyclic) bond motifs is 1. The van der Waals surface area contributed by atoms with Crippen LogP contribution in [-0.2, 0) is 11.3 Å². The topological polar surface area (TPSA) is 59.4 Å². The van der Waals surface area contributed by atoms with Crippen LogP contribution >= 0.6 is 11.3 Å². The molecule has 0 amide bonds. The van der Waals surface area contributed by atoms with Crippen LogP contribution in [0.15, 0.2) is 42.5 Å². The van der Waals surface area contributed by atoms with Crippen molar-refractivity contribution in [3.63, 3.8) is 0 Å². The number of phenolic OH excluding ortho intramolecular Hbond substituents is 1. The van der Waals surface area contributed by atoms with Gasteiger partial charge in [-0.05, 0) is 31.2 Å². The molecule has 0 aliphatic rings. The van der Waals surface area contributed by atoms with Crippen LogP contribution in [0.2, 0.25) is 0 Å². The first-order valence-corrected chi connectivity index (χ1v) is 7.26. The van der Waals surface area contributed by atoms with Crippen LogP contribution in [0.4, 0.5) is 0 Å². The SMILES string of the molecule is Cc1ccc(O)c(C(=O)OCc2nc3ccccc3s2)c1. The number of nitrogens with zero attached hydrogens (tertiary/aromatic N) is 1. The molecule has 1 aromatic heterocycles. The Labute approximate surface area is 125 Å². The summed E-state index contributed by atoms with van der Waals surface area (Å²) < 4.78 is 6.29. The second-order valence-corrected chi connectivity index (χ2v) is 5.79. The molecular weight excluding hydrogens is 286 g/mol. The smallest absolute Gasteiger partial charge is 0.342 e. The number of aryl methyl sites for hydroxylation is 1. The van der Waals surface area contributed by atoms with Crippen molar-refractivity contribution in [2.24, 2.45) is 0 Å². The van der Waals surface area contributed by atoms with Crippen LogP contribution < -0.4 is 0 Å². The Morgan fingerprint density at radius 3 is 2.90 bits per heavy atom. The lowest BCUT2D eigenvalue weighted by Gasteiger charge is -2.05. The Kier molecular flexibility index (Phi) is 3.58. The van der Waals surface area contributed by atoms with Gasteiger partial charge in [-0.15, -0.1) is 11.3 Å². The van der Waals surface area contributed by atoms with E-state index in [0.29, 0.717) is 0 Å². The third kappa shape index (κ3) is 2.87. The molecule has 0 bridgehead atoms. The number of phenols is 1. The number of carbonyl (C=O) groups excluding carboxylic acids is 1. The van der Waals surface area contributed by atoms with Gasteiger partial charge >= 0.3 is 5.97 Å². The van der Waals surface area contributed by atoms with Crippen molar-refractivity contribution >= 4 is 27.5 Å². The molecule has 0 unspecified atom stereocenters. The lowest BCUT2D eigenvalue weighted by molar-refractivity contribution is 0.0469. The Hall–Kier alpha value is -2.40. The van der Waals surface area contributed by atoms with Crippen LogP contribution in [0.5, 0.6) is 5.75 Å². The highest BCUT2D eigenvalue weighted by molar-refractivity contribution is 7.18. The molecule has 0 saturated carbocycles. The van der Waals surface area contributed by atoms with Gasteiger partial charge in [0.15, 0.2) is 0 Å². The predicted molar refractivity (Wildman–Crippen MR) is 81.6 cm³/mol. The van der Waals surface area contributed by atoms with E-state index in [4.69, 9.17) is 4.74 Å². The molecule has 0 radical (unpaired) electrons. The molecular formula is C16H13NO3S. The Morgan fingerprint density at radius 2 is 2.10 bits per heavy atom. The van der Waals surface area contributed by atoms with E-state index in [1.165, 1.54) is 17.4 Å². The summed E-state index contributed by atoms with van der Waals surface area (Å²) >= 11 is 1.49. The predicted octanol–water partition coefficient (Wildman–Crippen LogP) is 3.67. The Bertz CT molecular complexity index is 777. The first-order valence-electron chi connectivity index (χ1n) is 6.44. The van der Waals surface area contributed by atoms with E-state index in [2.05, 4.69) is 4.98 Å². The fourth-order valence-corrected chi connectivity index (χ4v) is 2.88. The third-order valence-corrected chi connectivity index (χ3v) is 4.05. The highest BCUT2D eigenvalue weighted by Gasteiger charge is 2.14. The minimum absolute atomic E-state index is 0.0742. The Balaban J connectivity index is 1.74. The number of thiazole rings is 1. The van der Waals surface area contributed by atoms with Crippen molar-refractivity contribution in [2.75, 3.05) is 0 Å². The van der Waals surface area contributed by atoms with Gasteiger partial charge in [-0.3, -0.25) is 0 Å². The van der Waals surface area contributed by atoms with Gasteiger partial charge < -0.3 is 9.84 Å². The maximum Gasteiger partial charge on any atom is 0.342 e. The first kappa shape index (κ1) is 13.6. The molecule has 0 atom stereocenters. The molecule has 4 nitrogen and oxygen atoms in total. The molecule has 0 spiro atoms. The maximum absolute atomic E-state index is 12.0. The highest BCUT2D eigenvalue weighted by Crippen LogP contribution is 2.23. The molecule has 1 heterocycles. The molecule has 21 heavy (non-hydrogen) atoms. The van der Waals surface area contributed by atoms with Gasteiger partial charge in [0.05, 0.1) is 10.2 Å². The summed E-state index contributed by atoms with van der Waals surface area (Å²) in [4.78, 5) is 16.4. The van der Waals surface area contributed by atoms with Gasteiger partial charge in [0.25, 0.3) is 0 Å². The van der Waals surface area contributed by atoms with Gasteiger partial charge in [-0.25, -0.2) is 9.78 Å². The average molecular weight is 299 g/mol. The monoisotopic (exact) mass is 299 g/mol. The second-order valence-electron chi connectivity index (χ2n) is 4.67. The van der Waals surface area contributed by atoms with E-state index in [1.54, 1.807) is 12.1 Å². The number of rotatable bonds is 3. The Morgan fingerprint density at radius 1 is 1.29 bits per heavy atom. The normalized spacial score (nSPS) is 10.7. The molecule has 1 N–H and O–H groups in total. The number of carbonyl (C=O) groups is 1. The average Bonchev–Trinajstić information content (AvgIpc) is 2.90. The van der Waals surface area contributed by atoms with Crippen LogP contribution in [-0.4, -0.2) is 16.1 Å². The largest absolute Gasteiger partial charge is 0.507 e. The molecule has 0 fully saturated rings. The van der Waals surface area contributed by atoms with Crippen molar-refractivity contribution in [3.8, 4) is 5.75 Å². The van der Waals surface area contributed by atoms with Crippen molar-refractivity contribution in [3.05, 3.63) is 58.6 Å². The lowest BCUT2D eigenvalue weighted by atomic mass is 10.1. The standard InChI is InChI=1S/C16H13NO3S/c1-10-6-7-13(18)11(8-10)16(19)20-9-15-17-12-4-2-3-5-14(12)21-15/h2-8,18H,9H2,1H3. The number of ether oxygens (including phenoxy) is 1. The van der Waals surface area contributed by atoms with Crippen molar-refractivity contribution in [2.45, 2.75) is 13.5 Å². The number of aromatic nitrogens is 1. The van der Waals surface area contributed by atoms with Crippen LogP contribution in [0, 0.1) is 6.92 Å². The number of para-hydroxylation sites is 1. The molecule has 2 aromatic carbocycles. The van der Waals surface area contributed by atoms with E-state index in [1.807, 2.05) is 31.2 Å². The summed E-state index contributed by atoms with van der Waals surface area (Å²) in [6, 6.07) is 12.6. The number of esters is 1. The number of hydrogen-bond acceptors (Lipinski definition) is 5. The van der Waals surface area contributed by atoms with E-state index >= 15 is 0 Å². The molecule has 0 aliphatic heterocycles. The lowest BCUT2D eigenvalue weighted by Crippen LogP contribution is -2.05. The minimum atomic E-state index is -0.546. The first-order chi connectivity index (χ1) is 10.1. The van der Waals surface area contributed by atoms with E-state index in [-0.39, 0.29) is 17.9 Å². The highest BCUT2D eigenvalue weighted by atomic mass is 32.1. The quantitative estimate of drug-likeness (QED) is 0.750. The summed E-state index contributed by atoms with van der Waals surface area (Å²) in [6.45, 7) is 1.95. The third-order valence-electron chi connectivity index (χ3n) is 3.04.